The van der Waals surface area contributed by atoms with E-state index in [2.05, 4.69) is 20.9 Å². The van der Waals surface area contributed by atoms with Gasteiger partial charge in [0, 0.05) is 13.3 Å². The topological polar surface area (TPSA) is 189 Å². The fourth-order valence-corrected chi connectivity index (χ4v) is 3.57. The van der Waals surface area contributed by atoms with Gasteiger partial charge in [0.15, 0.2) is 0 Å². The summed E-state index contributed by atoms with van der Waals surface area (Å²) in [6, 6.07) is 4.25. The fraction of sp³-hybridized carbons (Fsp3) is 0.458. The maximum absolute atomic E-state index is 13.2. The predicted octanol–water partition coefficient (Wildman–Crippen LogP) is -5.65. The van der Waals surface area contributed by atoms with Gasteiger partial charge in [-0.25, -0.2) is 4.79 Å². The van der Waals surface area contributed by atoms with Crippen LogP contribution in [0.4, 0.5) is 0 Å². The van der Waals surface area contributed by atoms with Crippen LogP contribution in [0.5, 0.6) is 5.75 Å². The zero-order valence-corrected chi connectivity index (χ0v) is 21.7. The molecule has 1 aromatic rings. The van der Waals surface area contributed by atoms with Crippen molar-refractivity contribution in [3.05, 3.63) is 42.0 Å². The molecule has 37 heavy (non-hydrogen) atoms. The van der Waals surface area contributed by atoms with Crippen molar-refractivity contribution in [3.8, 4) is 5.75 Å². The van der Waals surface area contributed by atoms with E-state index in [0.29, 0.717) is 18.7 Å². The van der Waals surface area contributed by atoms with Crippen molar-refractivity contribution in [3.63, 3.8) is 0 Å². The highest BCUT2D eigenvalue weighted by Crippen LogP contribution is 2.14. The molecule has 2 aliphatic heterocycles. The van der Waals surface area contributed by atoms with Crippen LogP contribution in [-0.2, 0) is 30.3 Å². The average molecular weight is 539 g/mol. The number of fused-ring (bicyclic) bond motifs is 13. The Morgan fingerprint density at radius 2 is 1.84 bits per heavy atom. The Labute approximate surface area is 222 Å². The summed E-state index contributed by atoms with van der Waals surface area (Å²) in [6.07, 6.45) is 4.46. The number of guanidine groups is 1. The summed E-state index contributed by atoms with van der Waals surface area (Å²) in [7, 11) is 1.23. The molecule has 0 saturated heterocycles. The van der Waals surface area contributed by atoms with Crippen LogP contribution in [0.2, 0.25) is 0 Å². The molecule has 3 atom stereocenters. The first kappa shape index (κ1) is 31.2. The lowest BCUT2D eigenvalue weighted by Gasteiger charge is -2.24. The standard InChI is InChI=1S/C24H34N6O6.ClH/c1-15(31)28-20-14-16-8-10-17(11-9-16)36-13-4-3-6-19(23(34)35-2)30-21(32)18(29-22(20)33)7-5-12-27-24(25)26;/h3-4,8-11,18-20H,5-7,12-14H2,1-2H3,(H,28,31)(H,29,33)(H,30,32)(H4,25,26,27);1H/t18-,19-,20+;/m0./s1. The lowest BCUT2D eigenvalue weighted by Crippen LogP contribution is -3.00. The van der Waals surface area contributed by atoms with Crippen molar-refractivity contribution >= 4 is 29.7 Å². The molecule has 8 N–H and O–H groups in total. The van der Waals surface area contributed by atoms with Gasteiger partial charge in [-0.1, -0.05) is 24.3 Å². The van der Waals surface area contributed by atoms with Gasteiger partial charge in [0.1, 0.15) is 30.5 Å². The maximum atomic E-state index is 13.2. The molecule has 0 unspecified atom stereocenters. The summed E-state index contributed by atoms with van der Waals surface area (Å²) in [5.41, 5.74) is 11.6. The number of methoxy groups -OCH3 is 1. The number of carbonyl (C=O) groups is 4. The number of hydrogen-bond donors (Lipinski definition) is 6. The normalized spacial score (nSPS) is 20.2. The summed E-state index contributed by atoms with van der Waals surface area (Å²) in [5.74, 6) is -1.47. The summed E-state index contributed by atoms with van der Waals surface area (Å²) in [4.78, 5) is 53.2. The molecule has 13 heteroatoms. The molecule has 1 aromatic carbocycles. The average Bonchev–Trinajstić information content (AvgIpc) is 2.84. The molecule has 0 radical (unpaired) electrons. The number of amides is 3. The molecule has 0 aromatic heterocycles. The number of rotatable bonds is 6. The first-order chi connectivity index (χ1) is 17.2. The fourth-order valence-electron chi connectivity index (χ4n) is 3.57. The number of carbonyl (C=O) groups excluding carboxylic acids is 4. The van der Waals surface area contributed by atoms with Crippen LogP contribution in [-0.4, -0.2) is 68.0 Å². The third-order valence-electron chi connectivity index (χ3n) is 5.38. The molecule has 12 nitrogen and oxygen atoms in total. The highest BCUT2D eigenvalue weighted by Gasteiger charge is 2.29. The number of ether oxygens (including phenoxy) is 2. The molecule has 2 bridgehead atoms. The Morgan fingerprint density at radius 1 is 1.14 bits per heavy atom. The number of esters is 1. The van der Waals surface area contributed by atoms with Crippen molar-refractivity contribution in [2.75, 3.05) is 20.3 Å². The molecule has 2 aliphatic rings. The van der Waals surface area contributed by atoms with Gasteiger partial charge in [0.25, 0.3) is 0 Å². The Kier molecular flexibility index (Phi) is 13.5. The van der Waals surface area contributed by atoms with Gasteiger partial charge in [-0.15, -0.1) is 0 Å². The predicted molar refractivity (Wildman–Crippen MR) is 131 cm³/mol. The van der Waals surface area contributed by atoms with E-state index in [1.807, 2.05) is 0 Å². The summed E-state index contributed by atoms with van der Waals surface area (Å²) in [5, 5.41) is 8.00. The number of nitrogens with one attached hydrogen (secondary N) is 4. The zero-order valence-electron chi connectivity index (χ0n) is 20.9. The maximum Gasteiger partial charge on any atom is 0.338 e. The SMILES string of the molecule is COC(=O)[C@@H]1CC=CCOc2ccc(cc2)C[C@@H](NC(C)=O)C(=O)N[C@@H](CCC[NH+]=C(N)N)C(=O)N1.[Cl-]. The van der Waals surface area contributed by atoms with E-state index >= 15 is 0 Å². The Morgan fingerprint density at radius 3 is 2.46 bits per heavy atom. The molecule has 3 amide bonds. The number of hydrogen-bond acceptors (Lipinski definition) is 6. The second-order valence-electron chi connectivity index (χ2n) is 8.29. The molecular formula is C24H35ClN6O6. The molecule has 0 spiro atoms. The number of nitrogens with two attached hydrogens (primary N) is 2. The van der Waals surface area contributed by atoms with E-state index in [1.54, 1.807) is 36.4 Å². The van der Waals surface area contributed by atoms with Crippen LogP contribution in [0.15, 0.2) is 36.4 Å². The van der Waals surface area contributed by atoms with E-state index in [-0.39, 0.29) is 44.2 Å². The van der Waals surface area contributed by atoms with E-state index in [0.717, 1.165) is 5.56 Å². The van der Waals surface area contributed by atoms with Crippen LogP contribution in [0, 0.1) is 0 Å². The van der Waals surface area contributed by atoms with Crippen molar-refractivity contribution in [2.24, 2.45) is 11.5 Å². The highest BCUT2D eigenvalue weighted by molar-refractivity contribution is 5.93. The smallest absolute Gasteiger partial charge is 0.338 e. The minimum atomic E-state index is -0.993. The second kappa shape index (κ2) is 16.0. The molecule has 204 valence electrons. The number of halogens is 1. The van der Waals surface area contributed by atoms with Gasteiger partial charge in [-0.05, 0) is 37.0 Å². The minimum Gasteiger partial charge on any atom is -1.00 e. The van der Waals surface area contributed by atoms with Crippen molar-refractivity contribution in [2.45, 2.75) is 50.7 Å². The first-order valence-corrected chi connectivity index (χ1v) is 11.6. The van der Waals surface area contributed by atoms with E-state index in [4.69, 9.17) is 20.9 Å². The zero-order chi connectivity index (χ0) is 26.5. The summed E-state index contributed by atoms with van der Waals surface area (Å²) in [6.45, 7) is 1.93. The molecule has 2 heterocycles. The number of benzene rings is 1. The Bertz CT molecular complexity index is 980. The second-order valence-corrected chi connectivity index (χ2v) is 8.29. The van der Waals surface area contributed by atoms with Crippen LogP contribution >= 0.6 is 0 Å². The van der Waals surface area contributed by atoms with Gasteiger partial charge in [-0.2, -0.15) is 0 Å². The third kappa shape index (κ3) is 11.2. The van der Waals surface area contributed by atoms with Gasteiger partial charge in [-0.3, -0.25) is 30.8 Å². The van der Waals surface area contributed by atoms with Crippen LogP contribution < -0.4 is 49.6 Å². The van der Waals surface area contributed by atoms with Gasteiger partial charge >= 0.3 is 11.9 Å². The molecule has 3 rings (SSSR count). The Hall–Kier alpha value is -3.80. The summed E-state index contributed by atoms with van der Waals surface area (Å²) >= 11 is 0. The third-order valence-corrected chi connectivity index (χ3v) is 5.38. The largest absolute Gasteiger partial charge is 1.00 e. The van der Waals surface area contributed by atoms with Crippen LogP contribution in [0.25, 0.3) is 0 Å². The quantitative estimate of drug-likeness (QED) is 0.0679. The van der Waals surface area contributed by atoms with Gasteiger partial charge < -0.3 is 37.8 Å². The van der Waals surface area contributed by atoms with Crippen LogP contribution in [0.1, 0.15) is 31.7 Å². The van der Waals surface area contributed by atoms with Gasteiger partial charge in [0.2, 0.25) is 17.7 Å². The van der Waals surface area contributed by atoms with E-state index < -0.39 is 41.8 Å². The summed E-state index contributed by atoms with van der Waals surface area (Å²) < 4.78 is 10.5. The molecule has 0 fully saturated rings. The lowest BCUT2D eigenvalue weighted by atomic mass is 10.0. The monoisotopic (exact) mass is 538 g/mol. The van der Waals surface area contributed by atoms with Crippen molar-refractivity contribution < 1.29 is 46.1 Å². The first-order valence-electron chi connectivity index (χ1n) is 11.6. The van der Waals surface area contributed by atoms with Gasteiger partial charge in [0.05, 0.1) is 13.7 Å². The highest BCUT2D eigenvalue weighted by atomic mass is 35.5. The van der Waals surface area contributed by atoms with Crippen molar-refractivity contribution in [1.29, 1.82) is 0 Å². The molecular weight excluding hydrogens is 504 g/mol. The van der Waals surface area contributed by atoms with E-state index in [9.17, 15) is 19.2 Å². The van der Waals surface area contributed by atoms with Crippen molar-refractivity contribution in [1.82, 2.24) is 16.0 Å². The van der Waals surface area contributed by atoms with Crippen LogP contribution in [0.3, 0.4) is 0 Å². The minimum absolute atomic E-state index is 0. The molecule has 0 saturated carbocycles. The lowest BCUT2D eigenvalue weighted by molar-refractivity contribution is -0.459. The molecule has 0 aliphatic carbocycles. The Balaban J connectivity index is 0.00000684. The van der Waals surface area contributed by atoms with E-state index in [1.165, 1.54) is 14.0 Å².